The van der Waals surface area contributed by atoms with E-state index in [0.717, 1.165) is 16.8 Å². The van der Waals surface area contributed by atoms with Crippen molar-refractivity contribution < 1.29 is 9.59 Å². The molecule has 1 aliphatic heterocycles. The standard InChI is InChI=1S/C21H24N2O2S/c1-14(2)20(25)23-18(13-26-21(23)16-7-5-4-6-8-16)19(24)22-17-11-9-15(3)10-12-17/h4-12,14,18,21H,13H2,1-3H3,(H,22,24)/t18-,21+/m0/s1. The quantitative estimate of drug-likeness (QED) is 0.878. The number of benzene rings is 2. The summed E-state index contributed by atoms with van der Waals surface area (Å²) in [6.45, 7) is 5.76. The minimum absolute atomic E-state index is 0.00732. The van der Waals surface area contributed by atoms with E-state index in [-0.39, 0.29) is 23.1 Å². The van der Waals surface area contributed by atoms with Gasteiger partial charge in [0.15, 0.2) is 0 Å². The molecule has 1 saturated heterocycles. The SMILES string of the molecule is Cc1ccc(NC(=O)[C@@H]2CS[C@H](c3ccccc3)N2C(=O)C(C)C)cc1. The summed E-state index contributed by atoms with van der Waals surface area (Å²) in [5.41, 5.74) is 2.95. The summed E-state index contributed by atoms with van der Waals surface area (Å²) < 4.78 is 0. The topological polar surface area (TPSA) is 49.4 Å². The molecule has 2 aromatic carbocycles. The second-order valence-corrected chi connectivity index (χ2v) is 7.98. The van der Waals surface area contributed by atoms with Gasteiger partial charge in [0.05, 0.1) is 0 Å². The van der Waals surface area contributed by atoms with Crippen molar-refractivity contribution in [2.24, 2.45) is 5.92 Å². The van der Waals surface area contributed by atoms with E-state index >= 15 is 0 Å². The smallest absolute Gasteiger partial charge is 0.248 e. The Morgan fingerprint density at radius 2 is 1.73 bits per heavy atom. The van der Waals surface area contributed by atoms with Gasteiger partial charge in [0.25, 0.3) is 0 Å². The summed E-state index contributed by atoms with van der Waals surface area (Å²) in [5.74, 6) is 0.312. The Kier molecular flexibility index (Phi) is 5.67. The Hall–Kier alpha value is -2.27. The van der Waals surface area contributed by atoms with E-state index in [2.05, 4.69) is 5.32 Å². The molecule has 1 fully saturated rings. The van der Waals surface area contributed by atoms with Crippen LogP contribution >= 0.6 is 11.8 Å². The molecule has 1 heterocycles. The van der Waals surface area contributed by atoms with Crippen LogP contribution in [0.5, 0.6) is 0 Å². The van der Waals surface area contributed by atoms with Gasteiger partial charge in [0.1, 0.15) is 11.4 Å². The Bertz CT molecular complexity index is 774. The molecule has 2 aromatic rings. The highest BCUT2D eigenvalue weighted by Gasteiger charge is 2.42. The minimum Gasteiger partial charge on any atom is -0.324 e. The Morgan fingerprint density at radius 3 is 2.35 bits per heavy atom. The zero-order valence-electron chi connectivity index (χ0n) is 15.3. The van der Waals surface area contributed by atoms with Crippen molar-refractivity contribution in [3.63, 3.8) is 0 Å². The molecule has 3 rings (SSSR count). The summed E-state index contributed by atoms with van der Waals surface area (Å²) >= 11 is 1.64. The van der Waals surface area contributed by atoms with Gasteiger partial charge in [-0.3, -0.25) is 9.59 Å². The first-order valence-electron chi connectivity index (χ1n) is 8.83. The van der Waals surface area contributed by atoms with Gasteiger partial charge in [0.2, 0.25) is 11.8 Å². The monoisotopic (exact) mass is 368 g/mol. The lowest BCUT2D eigenvalue weighted by molar-refractivity contribution is -0.140. The lowest BCUT2D eigenvalue weighted by Gasteiger charge is -2.30. The number of carbonyl (C=O) groups is 2. The first kappa shape index (κ1) is 18.5. The van der Waals surface area contributed by atoms with Gasteiger partial charge in [-0.25, -0.2) is 0 Å². The Labute approximate surface area is 159 Å². The molecule has 0 saturated carbocycles. The lowest BCUT2D eigenvalue weighted by atomic mass is 10.1. The number of carbonyl (C=O) groups excluding carboxylic acids is 2. The molecule has 26 heavy (non-hydrogen) atoms. The summed E-state index contributed by atoms with van der Waals surface area (Å²) in [6.07, 6.45) is 0. The molecular weight excluding hydrogens is 344 g/mol. The van der Waals surface area contributed by atoms with Crippen LogP contribution in [0.15, 0.2) is 54.6 Å². The second kappa shape index (κ2) is 7.96. The van der Waals surface area contributed by atoms with Crippen molar-refractivity contribution in [1.82, 2.24) is 4.90 Å². The Balaban J connectivity index is 1.84. The number of thioether (sulfide) groups is 1. The van der Waals surface area contributed by atoms with Crippen molar-refractivity contribution in [3.8, 4) is 0 Å². The van der Waals surface area contributed by atoms with Crippen LogP contribution in [0, 0.1) is 12.8 Å². The van der Waals surface area contributed by atoms with Crippen LogP contribution in [0.1, 0.15) is 30.3 Å². The third kappa shape index (κ3) is 3.93. The normalized spacial score (nSPS) is 19.6. The van der Waals surface area contributed by atoms with E-state index < -0.39 is 6.04 Å². The maximum Gasteiger partial charge on any atom is 0.248 e. The fraction of sp³-hybridized carbons (Fsp3) is 0.333. The van der Waals surface area contributed by atoms with Gasteiger partial charge in [-0.1, -0.05) is 61.9 Å². The van der Waals surface area contributed by atoms with Crippen molar-refractivity contribution >= 4 is 29.3 Å². The first-order valence-corrected chi connectivity index (χ1v) is 9.88. The summed E-state index contributed by atoms with van der Waals surface area (Å²) in [4.78, 5) is 27.5. The predicted octanol–water partition coefficient (Wildman–Crippen LogP) is 4.23. The van der Waals surface area contributed by atoms with Gasteiger partial charge in [-0.2, -0.15) is 0 Å². The van der Waals surface area contributed by atoms with Gasteiger partial charge in [0, 0.05) is 17.4 Å². The molecule has 0 bridgehead atoms. The number of hydrogen-bond donors (Lipinski definition) is 1. The largest absolute Gasteiger partial charge is 0.324 e. The van der Waals surface area contributed by atoms with Crippen molar-refractivity contribution in [2.45, 2.75) is 32.2 Å². The predicted molar refractivity (Wildman–Crippen MR) is 107 cm³/mol. The fourth-order valence-corrected chi connectivity index (χ4v) is 4.45. The lowest BCUT2D eigenvalue weighted by Crippen LogP contribution is -2.46. The summed E-state index contributed by atoms with van der Waals surface area (Å²) in [6, 6.07) is 17.1. The zero-order valence-corrected chi connectivity index (χ0v) is 16.1. The Morgan fingerprint density at radius 1 is 1.08 bits per heavy atom. The number of aryl methyl sites for hydroxylation is 1. The van der Waals surface area contributed by atoms with Crippen molar-refractivity contribution in [2.75, 3.05) is 11.1 Å². The highest BCUT2D eigenvalue weighted by molar-refractivity contribution is 7.99. The summed E-state index contributed by atoms with van der Waals surface area (Å²) in [5, 5.41) is 2.84. The number of anilines is 1. The van der Waals surface area contributed by atoms with Crippen LogP contribution in [-0.2, 0) is 9.59 Å². The molecule has 0 aliphatic carbocycles. The van der Waals surface area contributed by atoms with E-state index in [4.69, 9.17) is 0 Å². The summed E-state index contributed by atoms with van der Waals surface area (Å²) in [7, 11) is 0. The van der Waals surface area contributed by atoms with Crippen molar-refractivity contribution in [1.29, 1.82) is 0 Å². The molecule has 4 nitrogen and oxygen atoms in total. The van der Waals surface area contributed by atoms with Crippen molar-refractivity contribution in [3.05, 3.63) is 65.7 Å². The van der Waals surface area contributed by atoms with E-state index in [1.807, 2.05) is 75.4 Å². The molecule has 0 unspecified atom stereocenters. The van der Waals surface area contributed by atoms with Crippen LogP contribution in [-0.4, -0.2) is 28.5 Å². The highest BCUT2D eigenvalue weighted by Crippen LogP contribution is 2.42. The van der Waals surface area contributed by atoms with E-state index in [9.17, 15) is 9.59 Å². The third-order valence-electron chi connectivity index (χ3n) is 4.46. The molecule has 2 atom stereocenters. The maximum atomic E-state index is 12.9. The van der Waals surface area contributed by atoms with E-state index in [1.165, 1.54) is 0 Å². The van der Waals surface area contributed by atoms with Gasteiger partial charge in [-0.05, 0) is 24.6 Å². The number of hydrogen-bond acceptors (Lipinski definition) is 3. The molecule has 5 heteroatoms. The number of amides is 2. The molecule has 2 amide bonds. The fourth-order valence-electron chi connectivity index (χ4n) is 3.01. The van der Waals surface area contributed by atoms with E-state index in [0.29, 0.717) is 5.75 Å². The average Bonchev–Trinajstić information content (AvgIpc) is 3.08. The van der Waals surface area contributed by atoms with Crippen LogP contribution in [0.25, 0.3) is 0 Å². The highest BCUT2D eigenvalue weighted by atomic mass is 32.2. The molecule has 0 radical (unpaired) electrons. The van der Waals surface area contributed by atoms with Gasteiger partial charge < -0.3 is 10.2 Å². The average molecular weight is 369 g/mol. The molecule has 0 spiro atoms. The van der Waals surface area contributed by atoms with E-state index in [1.54, 1.807) is 16.7 Å². The number of rotatable bonds is 4. The first-order chi connectivity index (χ1) is 12.5. The number of nitrogens with zero attached hydrogens (tertiary/aromatic N) is 1. The molecule has 136 valence electrons. The van der Waals surface area contributed by atoms with Gasteiger partial charge >= 0.3 is 0 Å². The number of nitrogens with one attached hydrogen (secondary N) is 1. The minimum atomic E-state index is -0.471. The molecule has 1 N–H and O–H groups in total. The van der Waals surface area contributed by atoms with Crippen LogP contribution < -0.4 is 5.32 Å². The molecule has 0 aromatic heterocycles. The third-order valence-corrected chi connectivity index (χ3v) is 5.78. The molecule has 1 aliphatic rings. The van der Waals surface area contributed by atoms with Crippen LogP contribution in [0.2, 0.25) is 0 Å². The van der Waals surface area contributed by atoms with Crippen LogP contribution in [0.3, 0.4) is 0 Å². The van der Waals surface area contributed by atoms with Gasteiger partial charge in [-0.15, -0.1) is 11.8 Å². The van der Waals surface area contributed by atoms with Crippen LogP contribution in [0.4, 0.5) is 5.69 Å². The zero-order chi connectivity index (χ0) is 18.7. The second-order valence-electron chi connectivity index (χ2n) is 6.87. The molecular formula is C21H24N2O2S. The maximum absolute atomic E-state index is 12.9.